The van der Waals surface area contributed by atoms with E-state index in [0.717, 1.165) is 25.7 Å². The zero-order valence-electron chi connectivity index (χ0n) is 11.8. The Morgan fingerprint density at radius 1 is 1.26 bits per heavy atom. The van der Waals surface area contributed by atoms with Crippen molar-refractivity contribution in [1.82, 2.24) is 0 Å². The van der Waals surface area contributed by atoms with E-state index in [4.69, 9.17) is 0 Å². The second-order valence-corrected chi connectivity index (χ2v) is 6.38. The van der Waals surface area contributed by atoms with Crippen molar-refractivity contribution in [3.05, 3.63) is 34.9 Å². The summed E-state index contributed by atoms with van der Waals surface area (Å²) in [7, 11) is 0. The van der Waals surface area contributed by atoms with E-state index >= 15 is 0 Å². The van der Waals surface area contributed by atoms with Crippen LogP contribution in [0.25, 0.3) is 0 Å². The number of benzene rings is 1. The number of aliphatic hydroxyl groups is 1. The fraction of sp³-hybridized carbons (Fsp3) is 0.625. The Labute approximate surface area is 113 Å². The first-order valence-corrected chi connectivity index (χ1v) is 6.97. The minimum absolute atomic E-state index is 0.0830. The predicted octanol–water partition coefficient (Wildman–Crippen LogP) is 4.52. The van der Waals surface area contributed by atoms with Gasteiger partial charge in [0.05, 0.1) is 11.7 Å². The number of hydrogen-bond donors (Lipinski definition) is 1. The van der Waals surface area contributed by atoms with Crippen LogP contribution in [0.1, 0.15) is 56.8 Å². The van der Waals surface area contributed by atoms with Crippen molar-refractivity contribution >= 4 is 0 Å². The van der Waals surface area contributed by atoms with Gasteiger partial charge in [0.15, 0.2) is 0 Å². The maximum Gasteiger partial charge on any atom is 0.134 e. The summed E-state index contributed by atoms with van der Waals surface area (Å²) in [4.78, 5) is 0. The zero-order chi connectivity index (χ0) is 14.2. The summed E-state index contributed by atoms with van der Waals surface area (Å²) in [5, 5.41) is 10.5. The highest BCUT2D eigenvalue weighted by atomic mass is 19.1. The maximum atomic E-state index is 14.1. The van der Waals surface area contributed by atoms with Gasteiger partial charge < -0.3 is 5.11 Å². The Morgan fingerprint density at radius 3 is 2.58 bits per heavy atom. The fourth-order valence-electron chi connectivity index (χ4n) is 3.26. The summed E-state index contributed by atoms with van der Waals surface area (Å²) < 4.78 is 28.0. The molecule has 0 amide bonds. The number of halogens is 2. The van der Waals surface area contributed by atoms with E-state index in [-0.39, 0.29) is 16.9 Å². The lowest BCUT2D eigenvalue weighted by molar-refractivity contribution is -0.0000583. The lowest BCUT2D eigenvalue weighted by Gasteiger charge is -2.41. The largest absolute Gasteiger partial charge is 0.388 e. The Kier molecular flexibility index (Phi) is 3.95. The van der Waals surface area contributed by atoms with Gasteiger partial charge in [0.2, 0.25) is 0 Å². The number of rotatable bonds is 2. The Bertz CT molecular complexity index is 468. The summed E-state index contributed by atoms with van der Waals surface area (Å²) in [5.41, 5.74) is 0.143. The molecule has 1 aliphatic carbocycles. The number of hydrogen-bond acceptors (Lipinski definition) is 1. The molecule has 0 radical (unpaired) electrons. The van der Waals surface area contributed by atoms with Crippen LogP contribution >= 0.6 is 0 Å². The third kappa shape index (κ3) is 2.66. The molecular weight excluding hydrogens is 246 g/mol. The third-order valence-corrected chi connectivity index (χ3v) is 4.59. The maximum absolute atomic E-state index is 14.1. The van der Waals surface area contributed by atoms with Crippen LogP contribution in [0.3, 0.4) is 0 Å². The molecule has 3 heteroatoms. The minimum Gasteiger partial charge on any atom is -0.388 e. The second kappa shape index (κ2) is 5.20. The molecule has 1 aromatic carbocycles. The minimum atomic E-state index is -1.06. The van der Waals surface area contributed by atoms with E-state index in [2.05, 4.69) is 13.8 Å². The second-order valence-electron chi connectivity index (χ2n) is 6.38. The molecule has 2 rings (SSSR count). The van der Waals surface area contributed by atoms with Crippen LogP contribution in [0.15, 0.2) is 12.1 Å². The van der Waals surface area contributed by atoms with Crippen LogP contribution in [-0.4, -0.2) is 5.11 Å². The van der Waals surface area contributed by atoms with Crippen molar-refractivity contribution in [2.75, 3.05) is 0 Å². The quantitative estimate of drug-likeness (QED) is 0.836. The van der Waals surface area contributed by atoms with Crippen LogP contribution in [0.2, 0.25) is 0 Å². The van der Waals surface area contributed by atoms with Gasteiger partial charge >= 0.3 is 0 Å². The van der Waals surface area contributed by atoms with Crippen LogP contribution in [0.4, 0.5) is 8.78 Å². The van der Waals surface area contributed by atoms with E-state index < -0.39 is 17.7 Å². The lowest BCUT2D eigenvalue weighted by atomic mass is 9.65. The summed E-state index contributed by atoms with van der Waals surface area (Å²) in [6.45, 7) is 5.74. The van der Waals surface area contributed by atoms with Gasteiger partial charge in [-0.25, -0.2) is 8.78 Å². The molecule has 0 saturated heterocycles. The highest BCUT2D eigenvalue weighted by Gasteiger charge is 2.39. The summed E-state index contributed by atoms with van der Waals surface area (Å²) in [6.07, 6.45) is 2.88. The van der Waals surface area contributed by atoms with E-state index in [1.165, 1.54) is 12.1 Å². The van der Waals surface area contributed by atoms with Crippen molar-refractivity contribution < 1.29 is 13.9 Å². The number of aliphatic hydroxyl groups excluding tert-OH is 1. The normalized spacial score (nSPS) is 24.2. The summed E-state index contributed by atoms with van der Waals surface area (Å²) in [6, 6.07) is 2.65. The monoisotopic (exact) mass is 268 g/mol. The van der Waals surface area contributed by atoms with E-state index in [1.807, 2.05) is 0 Å². The van der Waals surface area contributed by atoms with Gasteiger partial charge in [-0.1, -0.05) is 32.8 Å². The smallest absolute Gasteiger partial charge is 0.134 e. The topological polar surface area (TPSA) is 20.2 Å². The summed E-state index contributed by atoms with van der Waals surface area (Å²) >= 11 is 0. The molecule has 1 fully saturated rings. The van der Waals surface area contributed by atoms with Crippen molar-refractivity contribution in [3.63, 3.8) is 0 Å². The highest BCUT2D eigenvalue weighted by molar-refractivity contribution is 5.29. The first-order chi connectivity index (χ1) is 8.84. The van der Waals surface area contributed by atoms with Gasteiger partial charge in [0.25, 0.3) is 0 Å². The molecule has 1 nitrogen and oxygen atoms in total. The van der Waals surface area contributed by atoms with Crippen molar-refractivity contribution in [1.29, 1.82) is 0 Å². The molecule has 106 valence electrons. The Morgan fingerprint density at radius 2 is 1.95 bits per heavy atom. The first kappa shape index (κ1) is 14.4. The van der Waals surface area contributed by atoms with Gasteiger partial charge in [-0.2, -0.15) is 0 Å². The van der Waals surface area contributed by atoms with Crippen molar-refractivity contribution in [3.8, 4) is 0 Å². The Balaban J connectivity index is 2.39. The molecule has 2 unspecified atom stereocenters. The molecule has 1 aromatic rings. The molecular formula is C16H22F2O. The fourth-order valence-corrected chi connectivity index (χ4v) is 3.26. The lowest BCUT2D eigenvalue weighted by Crippen LogP contribution is -2.33. The first-order valence-electron chi connectivity index (χ1n) is 6.97. The van der Waals surface area contributed by atoms with Crippen molar-refractivity contribution in [2.45, 2.75) is 52.6 Å². The molecule has 0 spiro atoms. The van der Waals surface area contributed by atoms with Crippen LogP contribution in [0, 0.1) is 29.9 Å². The summed E-state index contributed by atoms with van der Waals surface area (Å²) in [5.74, 6) is -1.34. The SMILES string of the molecule is Cc1ccc(F)c(C(O)C2CCCCC2(C)C)c1F. The van der Waals surface area contributed by atoms with Gasteiger partial charge in [0, 0.05) is 0 Å². The molecule has 0 aliphatic heterocycles. The number of aryl methyl sites for hydroxylation is 1. The molecule has 19 heavy (non-hydrogen) atoms. The molecule has 0 heterocycles. The van der Waals surface area contributed by atoms with E-state index in [0.29, 0.717) is 5.56 Å². The molecule has 1 aliphatic rings. The van der Waals surface area contributed by atoms with Crippen LogP contribution in [0.5, 0.6) is 0 Å². The third-order valence-electron chi connectivity index (χ3n) is 4.59. The predicted molar refractivity (Wildman–Crippen MR) is 71.8 cm³/mol. The molecule has 0 aromatic heterocycles. The molecule has 0 bridgehead atoms. The van der Waals surface area contributed by atoms with Gasteiger partial charge in [-0.3, -0.25) is 0 Å². The van der Waals surface area contributed by atoms with Gasteiger partial charge in [-0.15, -0.1) is 0 Å². The van der Waals surface area contributed by atoms with Gasteiger partial charge in [0.1, 0.15) is 11.6 Å². The molecule has 1 saturated carbocycles. The van der Waals surface area contributed by atoms with Gasteiger partial charge in [-0.05, 0) is 42.7 Å². The zero-order valence-corrected chi connectivity index (χ0v) is 11.8. The van der Waals surface area contributed by atoms with Crippen LogP contribution < -0.4 is 0 Å². The average Bonchev–Trinajstić information content (AvgIpc) is 2.33. The molecule has 1 N–H and O–H groups in total. The van der Waals surface area contributed by atoms with E-state index in [9.17, 15) is 13.9 Å². The van der Waals surface area contributed by atoms with E-state index in [1.54, 1.807) is 6.92 Å². The Hall–Kier alpha value is -0.960. The highest BCUT2D eigenvalue weighted by Crippen LogP contribution is 2.47. The molecule has 2 atom stereocenters. The van der Waals surface area contributed by atoms with Crippen LogP contribution in [-0.2, 0) is 0 Å². The standard InChI is InChI=1S/C16H22F2O/c1-10-7-8-12(17)13(14(10)18)15(19)11-6-4-5-9-16(11,2)3/h7-8,11,15,19H,4-6,9H2,1-3H3. The van der Waals surface area contributed by atoms with Crippen molar-refractivity contribution in [2.24, 2.45) is 11.3 Å². The average molecular weight is 268 g/mol.